The smallest absolute Gasteiger partial charge is 0.281 e. The number of benzene rings is 2. The Balaban J connectivity index is 1.99. The van der Waals surface area contributed by atoms with Gasteiger partial charge in [-0.3, -0.25) is 20.4 Å². The second-order valence-corrected chi connectivity index (χ2v) is 6.48. The molecule has 0 heterocycles. The molecule has 144 valence electrons. The van der Waals surface area contributed by atoms with Gasteiger partial charge in [-0.2, -0.15) is 0 Å². The van der Waals surface area contributed by atoms with Crippen LogP contribution in [0, 0.1) is 0 Å². The van der Waals surface area contributed by atoms with Crippen LogP contribution in [0.5, 0.6) is 17.2 Å². The summed E-state index contributed by atoms with van der Waals surface area (Å²) in [6.07, 6.45) is 0. The quantitative estimate of drug-likeness (QED) is 0.738. The molecule has 2 amide bonds. The summed E-state index contributed by atoms with van der Waals surface area (Å²) in [5.74, 6) is 0.349. The number of halogens is 1. The van der Waals surface area contributed by atoms with Crippen LogP contribution in [0.2, 0.25) is 5.02 Å². The Morgan fingerprint density at radius 3 is 2.15 bits per heavy atom. The zero-order valence-corrected chi connectivity index (χ0v) is 16.2. The Bertz CT molecular complexity index is 821. The van der Waals surface area contributed by atoms with Crippen molar-refractivity contribution in [2.24, 2.45) is 0 Å². The Kier molecular flexibility index (Phi) is 6.52. The maximum atomic E-state index is 12.4. The van der Waals surface area contributed by atoms with Gasteiger partial charge in [-0.1, -0.05) is 11.6 Å². The van der Waals surface area contributed by atoms with Gasteiger partial charge in [-0.15, -0.1) is 0 Å². The lowest BCUT2D eigenvalue weighted by Gasteiger charge is -2.25. The van der Waals surface area contributed by atoms with E-state index in [1.54, 1.807) is 50.2 Å². The highest BCUT2D eigenvalue weighted by atomic mass is 35.5. The summed E-state index contributed by atoms with van der Waals surface area (Å²) in [5, 5.41) is 0.562. The molecular formula is C19H21ClN2O5. The summed E-state index contributed by atoms with van der Waals surface area (Å²) in [4.78, 5) is 24.6. The number of carbonyl (C=O) groups excluding carboxylic acids is 2. The second-order valence-electron chi connectivity index (χ2n) is 6.04. The van der Waals surface area contributed by atoms with Gasteiger partial charge in [0.25, 0.3) is 11.8 Å². The Labute approximate surface area is 162 Å². The van der Waals surface area contributed by atoms with Crippen molar-refractivity contribution in [2.45, 2.75) is 19.4 Å². The summed E-state index contributed by atoms with van der Waals surface area (Å²) >= 11 is 5.83. The molecule has 0 radical (unpaired) electrons. The standard InChI is InChI=1S/C19H21ClN2O5/c1-19(2,27-14-8-6-13(20)7-9-14)18(24)22-21-17(23)12-5-10-15(25-3)16(11-12)26-4/h5-11H,1-4H3,(H,21,23)(H,22,24). The topological polar surface area (TPSA) is 85.9 Å². The predicted octanol–water partition coefficient (Wildman–Crippen LogP) is 2.98. The first-order valence-electron chi connectivity index (χ1n) is 8.04. The fourth-order valence-corrected chi connectivity index (χ4v) is 2.28. The maximum Gasteiger partial charge on any atom is 0.281 e. The molecule has 0 saturated heterocycles. The van der Waals surface area contributed by atoms with E-state index >= 15 is 0 Å². The van der Waals surface area contributed by atoms with Crippen molar-refractivity contribution in [3.63, 3.8) is 0 Å². The van der Waals surface area contributed by atoms with E-state index in [4.69, 9.17) is 25.8 Å². The number of amides is 2. The third-order valence-electron chi connectivity index (χ3n) is 3.67. The first kappa shape index (κ1) is 20.4. The van der Waals surface area contributed by atoms with Crippen molar-refractivity contribution < 1.29 is 23.8 Å². The van der Waals surface area contributed by atoms with E-state index < -0.39 is 17.4 Å². The van der Waals surface area contributed by atoms with Gasteiger partial charge < -0.3 is 14.2 Å². The summed E-state index contributed by atoms with van der Waals surface area (Å²) < 4.78 is 16.0. The van der Waals surface area contributed by atoms with Gasteiger partial charge in [-0.05, 0) is 56.3 Å². The van der Waals surface area contributed by atoms with Crippen LogP contribution < -0.4 is 25.1 Å². The van der Waals surface area contributed by atoms with Crippen LogP contribution in [0.3, 0.4) is 0 Å². The fraction of sp³-hybridized carbons (Fsp3) is 0.263. The van der Waals surface area contributed by atoms with Gasteiger partial charge in [0.15, 0.2) is 17.1 Å². The van der Waals surface area contributed by atoms with Gasteiger partial charge in [0.1, 0.15) is 5.75 Å². The normalized spacial score (nSPS) is 10.7. The minimum Gasteiger partial charge on any atom is -0.493 e. The van der Waals surface area contributed by atoms with E-state index in [1.807, 2.05) is 0 Å². The highest BCUT2D eigenvalue weighted by Gasteiger charge is 2.30. The van der Waals surface area contributed by atoms with Gasteiger partial charge in [0.05, 0.1) is 14.2 Å². The molecule has 0 aliphatic heterocycles. The number of nitrogens with one attached hydrogen (secondary N) is 2. The Hall–Kier alpha value is -2.93. The third-order valence-corrected chi connectivity index (χ3v) is 3.92. The van der Waals surface area contributed by atoms with E-state index in [9.17, 15) is 9.59 Å². The molecule has 0 fully saturated rings. The Morgan fingerprint density at radius 2 is 1.56 bits per heavy atom. The van der Waals surface area contributed by atoms with Crippen molar-refractivity contribution in [3.8, 4) is 17.2 Å². The molecule has 2 aromatic rings. The number of ether oxygens (including phenoxy) is 3. The molecule has 0 aromatic heterocycles. The molecule has 0 bridgehead atoms. The zero-order valence-electron chi connectivity index (χ0n) is 15.5. The molecule has 2 rings (SSSR count). The van der Waals surface area contributed by atoms with Gasteiger partial charge >= 0.3 is 0 Å². The monoisotopic (exact) mass is 392 g/mol. The van der Waals surface area contributed by atoms with Crippen LogP contribution in [-0.4, -0.2) is 31.6 Å². The molecule has 0 unspecified atom stereocenters. The lowest BCUT2D eigenvalue weighted by Crippen LogP contribution is -2.53. The van der Waals surface area contributed by atoms with Crippen molar-refractivity contribution in [2.75, 3.05) is 14.2 Å². The zero-order chi connectivity index (χ0) is 20.0. The summed E-state index contributed by atoms with van der Waals surface area (Å²) in [6.45, 7) is 3.17. The van der Waals surface area contributed by atoms with Gasteiger partial charge in [-0.25, -0.2) is 0 Å². The average molecular weight is 393 g/mol. The van der Waals surface area contributed by atoms with Crippen LogP contribution in [0.1, 0.15) is 24.2 Å². The van der Waals surface area contributed by atoms with E-state index in [0.29, 0.717) is 27.8 Å². The lowest BCUT2D eigenvalue weighted by atomic mass is 10.1. The molecule has 2 N–H and O–H groups in total. The van der Waals surface area contributed by atoms with Crippen molar-refractivity contribution in [1.82, 2.24) is 10.9 Å². The largest absolute Gasteiger partial charge is 0.493 e. The molecule has 0 aliphatic rings. The summed E-state index contributed by atoms with van der Waals surface area (Å²) in [5.41, 5.74) is 3.78. The van der Waals surface area contributed by atoms with Crippen LogP contribution >= 0.6 is 11.6 Å². The Morgan fingerprint density at radius 1 is 0.926 bits per heavy atom. The predicted molar refractivity (Wildman–Crippen MR) is 101 cm³/mol. The highest BCUT2D eigenvalue weighted by molar-refractivity contribution is 6.30. The molecular weight excluding hydrogens is 372 g/mol. The molecule has 0 atom stereocenters. The molecule has 0 spiro atoms. The van der Waals surface area contributed by atoms with Crippen LogP contribution in [0.15, 0.2) is 42.5 Å². The molecule has 2 aromatic carbocycles. The molecule has 27 heavy (non-hydrogen) atoms. The molecule has 7 nitrogen and oxygen atoms in total. The van der Waals surface area contributed by atoms with Crippen LogP contribution in [0.4, 0.5) is 0 Å². The van der Waals surface area contributed by atoms with Gasteiger partial charge in [0.2, 0.25) is 0 Å². The van der Waals surface area contributed by atoms with Gasteiger partial charge in [0, 0.05) is 10.6 Å². The van der Waals surface area contributed by atoms with E-state index in [1.165, 1.54) is 20.3 Å². The van der Waals surface area contributed by atoms with E-state index in [-0.39, 0.29) is 0 Å². The summed E-state index contributed by atoms with van der Waals surface area (Å²) in [7, 11) is 2.97. The van der Waals surface area contributed by atoms with E-state index in [2.05, 4.69) is 10.9 Å². The molecule has 0 saturated carbocycles. The molecule has 0 aliphatic carbocycles. The number of hydrogen-bond acceptors (Lipinski definition) is 5. The average Bonchev–Trinajstić information content (AvgIpc) is 2.66. The number of hydrazine groups is 1. The highest BCUT2D eigenvalue weighted by Crippen LogP contribution is 2.27. The maximum absolute atomic E-state index is 12.4. The third kappa shape index (κ3) is 5.27. The fourth-order valence-electron chi connectivity index (χ4n) is 2.16. The lowest BCUT2D eigenvalue weighted by molar-refractivity contribution is -0.135. The molecule has 8 heteroatoms. The van der Waals surface area contributed by atoms with Crippen LogP contribution in [0.25, 0.3) is 0 Å². The minimum atomic E-state index is -1.22. The minimum absolute atomic E-state index is 0.296. The number of rotatable bonds is 6. The van der Waals surface area contributed by atoms with Crippen LogP contribution in [-0.2, 0) is 4.79 Å². The second kappa shape index (κ2) is 8.64. The first-order valence-corrected chi connectivity index (χ1v) is 8.42. The SMILES string of the molecule is COc1ccc(C(=O)NNC(=O)C(C)(C)Oc2ccc(Cl)cc2)cc1OC. The number of methoxy groups -OCH3 is 2. The van der Waals surface area contributed by atoms with Crippen molar-refractivity contribution >= 4 is 23.4 Å². The number of hydrogen-bond donors (Lipinski definition) is 2. The summed E-state index contributed by atoms with van der Waals surface area (Å²) in [6, 6.07) is 11.3. The van der Waals surface area contributed by atoms with E-state index in [0.717, 1.165) is 0 Å². The number of carbonyl (C=O) groups is 2. The first-order chi connectivity index (χ1) is 12.8. The van der Waals surface area contributed by atoms with Crippen molar-refractivity contribution in [3.05, 3.63) is 53.1 Å². The van der Waals surface area contributed by atoms with Crippen molar-refractivity contribution in [1.29, 1.82) is 0 Å².